The number of benzene rings is 2. The average molecular weight is 699 g/mol. The van der Waals surface area contributed by atoms with Crippen LogP contribution in [0.25, 0.3) is 11.4 Å². The largest absolute Gasteiger partial charge is 0.308 e. The minimum Gasteiger partial charge on any atom is -0.308 e. The van der Waals surface area contributed by atoms with E-state index in [1.54, 1.807) is 54.7 Å². The molecule has 0 radical (unpaired) electrons. The van der Waals surface area contributed by atoms with Gasteiger partial charge in [-0.05, 0) is 49.9 Å². The van der Waals surface area contributed by atoms with Gasteiger partial charge in [0.05, 0.1) is 28.4 Å². The lowest BCUT2D eigenvalue weighted by Crippen LogP contribution is -2.29. The molecule has 2 amide bonds. The number of nitrogens with one attached hydrogen (secondary N) is 2. The van der Waals surface area contributed by atoms with Gasteiger partial charge in [-0.2, -0.15) is 13.9 Å². The normalized spacial score (nSPS) is 14.9. The first kappa shape index (κ1) is 33.3. The fourth-order valence-corrected chi connectivity index (χ4v) is 5.82. The van der Waals surface area contributed by atoms with Crippen molar-refractivity contribution >= 4 is 23.5 Å². The maximum absolute atomic E-state index is 14.2. The summed E-state index contributed by atoms with van der Waals surface area (Å²) in [7, 11) is 0. The molecule has 2 fully saturated rings. The third-order valence-electron chi connectivity index (χ3n) is 8.83. The number of aromatic nitrogens is 6. The van der Waals surface area contributed by atoms with Crippen molar-refractivity contribution in [3.63, 3.8) is 0 Å². The van der Waals surface area contributed by atoms with Crippen LogP contribution in [-0.2, 0) is 20.4 Å². The lowest BCUT2D eigenvalue weighted by atomic mass is 9.94. The van der Waals surface area contributed by atoms with E-state index >= 15 is 0 Å². The van der Waals surface area contributed by atoms with Crippen LogP contribution in [0.2, 0.25) is 0 Å². The van der Waals surface area contributed by atoms with Gasteiger partial charge in [-0.25, -0.2) is 32.5 Å². The molecule has 4 aromatic heterocycles. The second-order valence-corrected chi connectivity index (χ2v) is 12.1. The zero-order valence-corrected chi connectivity index (χ0v) is 26.5. The smallest absolute Gasteiger partial charge is 0.236 e. The van der Waals surface area contributed by atoms with Crippen molar-refractivity contribution in [3.8, 4) is 11.4 Å². The molecule has 2 aliphatic rings. The van der Waals surface area contributed by atoms with Crippen molar-refractivity contribution in [1.29, 1.82) is 0 Å². The summed E-state index contributed by atoms with van der Waals surface area (Å²) in [5.41, 5.74) is -0.408. The van der Waals surface area contributed by atoms with Gasteiger partial charge in [0.2, 0.25) is 23.7 Å². The Morgan fingerprint density at radius 3 is 1.63 bits per heavy atom. The highest BCUT2D eigenvalue weighted by molar-refractivity contribution is 6.01. The van der Waals surface area contributed by atoms with Crippen LogP contribution in [0.15, 0.2) is 104 Å². The Morgan fingerprint density at radius 2 is 1.12 bits per heavy atom. The molecule has 0 atom stereocenters. The molecule has 2 aromatic carbocycles. The van der Waals surface area contributed by atoms with E-state index in [4.69, 9.17) is 0 Å². The Bertz CT molecular complexity index is 2260. The molecule has 0 unspecified atom stereocenters. The van der Waals surface area contributed by atoms with Gasteiger partial charge in [-0.15, -0.1) is 5.10 Å². The van der Waals surface area contributed by atoms with Gasteiger partial charge in [0.15, 0.2) is 17.5 Å². The summed E-state index contributed by atoms with van der Waals surface area (Å²) in [5.74, 6) is -3.77. The number of amides is 2. The molecule has 2 N–H and O–H groups in total. The van der Waals surface area contributed by atoms with Gasteiger partial charge < -0.3 is 10.6 Å². The van der Waals surface area contributed by atoms with Gasteiger partial charge in [0.25, 0.3) is 0 Å². The molecule has 0 spiro atoms. The third kappa shape index (κ3) is 6.69. The Hall–Kier alpha value is -6.25. The number of carbonyl (C=O) groups excluding carboxylic acids is 2. The molecule has 0 aliphatic heterocycles. The monoisotopic (exact) mass is 698 g/mol. The Kier molecular flexibility index (Phi) is 8.62. The number of pyridine rings is 2. The van der Waals surface area contributed by atoms with Gasteiger partial charge >= 0.3 is 0 Å². The fraction of sp³-hybridized carbons (Fsp3) is 0.167. The number of hydrogen-bond donors (Lipinski definition) is 2. The van der Waals surface area contributed by atoms with E-state index in [9.17, 15) is 31.5 Å². The molecule has 4 heterocycles. The van der Waals surface area contributed by atoms with E-state index in [-0.39, 0.29) is 28.8 Å². The minimum atomic E-state index is -1.01. The van der Waals surface area contributed by atoms with Gasteiger partial charge in [-0.1, -0.05) is 36.4 Å². The molecule has 51 heavy (non-hydrogen) atoms. The van der Waals surface area contributed by atoms with E-state index < -0.39 is 40.3 Å². The van der Waals surface area contributed by atoms with Crippen molar-refractivity contribution in [1.82, 2.24) is 29.5 Å². The number of anilines is 2. The van der Waals surface area contributed by atoms with Crippen LogP contribution in [-0.4, -0.2) is 41.3 Å². The van der Waals surface area contributed by atoms with Crippen LogP contribution in [0.5, 0.6) is 0 Å². The topological polar surface area (TPSA) is 120 Å². The molecule has 6 aromatic rings. The quantitative estimate of drug-likeness (QED) is 0.137. The summed E-state index contributed by atoms with van der Waals surface area (Å²) < 4.78 is 71.2. The Balaban J connectivity index is 0.000000159. The van der Waals surface area contributed by atoms with Crippen LogP contribution < -0.4 is 10.6 Å². The zero-order valence-electron chi connectivity index (χ0n) is 26.5. The van der Waals surface area contributed by atoms with E-state index in [2.05, 4.69) is 30.8 Å². The predicted molar refractivity (Wildman–Crippen MR) is 174 cm³/mol. The van der Waals surface area contributed by atoms with E-state index in [0.29, 0.717) is 42.8 Å². The molecule has 0 bridgehead atoms. The van der Waals surface area contributed by atoms with E-state index in [1.807, 2.05) is 0 Å². The van der Waals surface area contributed by atoms with Crippen molar-refractivity contribution < 1.29 is 31.5 Å². The molecule has 258 valence electrons. The lowest BCUT2D eigenvalue weighted by Gasteiger charge is -2.15. The van der Waals surface area contributed by atoms with Gasteiger partial charge in [-0.3, -0.25) is 9.59 Å². The third-order valence-corrected chi connectivity index (χ3v) is 8.83. The van der Waals surface area contributed by atoms with Crippen molar-refractivity contribution in [2.24, 2.45) is 0 Å². The van der Waals surface area contributed by atoms with Crippen molar-refractivity contribution in [3.05, 3.63) is 144 Å². The molecule has 15 heteroatoms. The van der Waals surface area contributed by atoms with Crippen LogP contribution in [0.1, 0.15) is 36.8 Å². The van der Waals surface area contributed by atoms with Gasteiger partial charge in [0, 0.05) is 47.9 Å². The Labute approximate surface area is 287 Å². The summed E-state index contributed by atoms with van der Waals surface area (Å²) in [6, 6.07) is 19.3. The number of hydrogen-bond acceptors (Lipinski definition) is 6. The number of carbonyl (C=O) groups is 2. The molecule has 2 aliphatic carbocycles. The first-order valence-corrected chi connectivity index (χ1v) is 15.8. The second kappa shape index (κ2) is 13.2. The number of rotatable bonds is 8. The highest BCUT2D eigenvalue weighted by Gasteiger charge is 2.53. The Morgan fingerprint density at radius 1 is 0.608 bits per heavy atom. The van der Waals surface area contributed by atoms with Crippen LogP contribution in [0, 0.1) is 29.3 Å². The minimum absolute atomic E-state index is 0.257. The highest BCUT2D eigenvalue weighted by Crippen LogP contribution is 2.50. The summed E-state index contributed by atoms with van der Waals surface area (Å²) in [6.45, 7) is 0. The lowest BCUT2D eigenvalue weighted by molar-refractivity contribution is -0.119. The average Bonchev–Trinajstić information content (AvgIpc) is 4.03. The maximum Gasteiger partial charge on any atom is 0.236 e. The van der Waals surface area contributed by atoms with Crippen LogP contribution in [0.4, 0.5) is 33.6 Å². The summed E-state index contributed by atoms with van der Waals surface area (Å²) >= 11 is 0. The van der Waals surface area contributed by atoms with Crippen LogP contribution >= 0.6 is 0 Å². The highest BCUT2D eigenvalue weighted by atomic mass is 19.1. The summed E-state index contributed by atoms with van der Waals surface area (Å²) in [5, 5.41) is 13.3. The number of nitrogens with zero attached hydrogens (tertiary/aromatic N) is 6. The van der Waals surface area contributed by atoms with Crippen molar-refractivity contribution in [2.45, 2.75) is 36.5 Å². The second-order valence-electron chi connectivity index (χ2n) is 12.1. The molecular formula is C36H27F5N8O2. The fourth-order valence-electron chi connectivity index (χ4n) is 5.82. The standard InChI is InChI=1S/C18H13F3N4O.C18H14F2N4O/c19-13-4-2-1-3-12(13)18(6-7-18)17(26)23-16-14(20)10-25(24-16)11-5-8-22-15(21)9-11;19-14-4-2-1-3-13(14)18(7-8-18)17(25)22-16-6-10-24(23-16)12-5-9-21-15(20)11-12/h1-5,8-10H,6-7H2,(H,23,24,26);1-6,9-11H,7-8H2,(H,22,23,25). The zero-order chi connectivity index (χ0) is 35.8. The SMILES string of the molecule is O=C(Nc1ccn(-c2ccnc(F)c2)n1)C1(c2ccccc2F)CC1.O=C(Nc1nn(-c2ccnc(F)c2)cc1F)C1(c2ccccc2F)CC1. The van der Waals surface area contributed by atoms with Gasteiger partial charge in [0.1, 0.15) is 11.6 Å². The van der Waals surface area contributed by atoms with Crippen molar-refractivity contribution in [2.75, 3.05) is 10.6 Å². The molecule has 0 saturated heterocycles. The molecule has 10 nitrogen and oxygen atoms in total. The predicted octanol–water partition coefficient (Wildman–Crippen LogP) is 6.57. The summed E-state index contributed by atoms with van der Waals surface area (Å²) in [6.07, 6.45) is 7.31. The first-order chi connectivity index (χ1) is 24.6. The first-order valence-electron chi connectivity index (χ1n) is 15.8. The summed E-state index contributed by atoms with van der Waals surface area (Å²) in [4.78, 5) is 32.2. The number of halogens is 5. The van der Waals surface area contributed by atoms with E-state index in [0.717, 1.165) is 16.9 Å². The maximum atomic E-state index is 14.2. The molecule has 2 saturated carbocycles. The van der Waals surface area contributed by atoms with E-state index in [1.165, 1.54) is 41.3 Å². The molecule has 8 rings (SSSR count). The molecular weight excluding hydrogens is 671 g/mol. The van der Waals surface area contributed by atoms with Crippen LogP contribution in [0.3, 0.4) is 0 Å².